The van der Waals surface area contributed by atoms with Gasteiger partial charge in [0.25, 0.3) is 5.91 Å². The first-order valence-corrected chi connectivity index (χ1v) is 12.0. The van der Waals surface area contributed by atoms with Crippen LogP contribution in [0.25, 0.3) is 38.5 Å². The lowest BCUT2D eigenvalue weighted by molar-refractivity contribution is -0.111. The Kier molecular flexibility index (Phi) is 4.97. The van der Waals surface area contributed by atoms with E-state index in [2.05, 4.69) is 59.7 Å². The smallest absolute Gasteiger partial charge is 0.260 e. The summed E-state index contributed by atoms with van der Waals surface area (Å²) in [7, 11) is 0. The molecule has 5 heteroatoms. The molecule has 4 nitrogen and oxygen atoms in total. The highest BCUT2D eigenvalue weighted by Crippen LogP contribution is 2.29. The summed E-state index contributed by atoms with van der Waals surface area (Å²) in [5.41, 5.74) is 5.38. The highest BCUT2D eigenvalue weighted by Gasteiger charge is 2.21. The van der Waals surface area contributed by atoms with E-state index in [1.165, 1.54) is 16.9 Å². The van der Waals surface area contributed by atoms with Crippen molar-refractivity contribution in [1.82, 2.24) is 9.97 Å². The molecule has 0 aliphatic rings. The molecule has 0 aliphatic heterocycles. The minimum absolute atomic E-state index is 0.191. The van der Waals surface area contributed by atoms with Crippen molar-refractivity contribution in [2.75, 3.05) is 5.32 Å². The van der Waals surface area contributed by atoms with Gasteiger partial charge in [-0.3, -0.25) is 4.79 Å². The molecule has 2 heterocycles. The Morgan fingerprint density at radius 2 is 1.65 bits per heavy atom. The van der Waals surface area contributed by atoms with E-state index in [1.807, 2.05) is 53.9 Å². The largest absolute Gasteiger partial charge is 0.354 e. The van der Waals surface area contributed by atoms with Gasteiger partial charge in [-0.05, 0) is 30.5 Å². The molecule has 6 aromatic rings. The summed E-state index contributed by atoms with van der Waals surface area (Å²) in [4.78, 5) is 22.1. The summed E-state index contributed by atoms with van der Waals surface area (Å²) < 4.78 is 0. The number of hydrogen-bond acceptors (Lipinski definition) is 3. The second-order valence-corrected chi connectivity index (χ2v) is 9.17. The first-order chi connectivity index (χ1) is 16.7. The number of amides is 1. The van der Waals surface area contributed by atoms with Gasteiger partial charge in [-0.25, -0.2) is 4.98 Å². The highest BCUT2D eigenvalue weighted by atomic mass is 32.1. The van der Waals surface area contributed by atoms with Crippen molar-refractivity contribution in [3.05, 3.63) is 112 Å². The van der Waals surface area contributed by atoms with E-state index in [1.54, 1.807) is 0 Å². The third-order valence-corrected chi connectivity index (χ3v) is 6.87. The van der Waals surface area contributed by atoms with E-state index in [0.717, 1.165) is 44.0 Å². The number of nitrogens with zero attached hydrogens (tertiary/aromatic N) is 1. The summed E-state index contributed by atoms with van der Waals surface area (Å²) in [5, 5.41) is 9.81. The van der Waals surface area contributed by atoms with Gasteiger partial charge in [0.1, 0.15) is 5.01 Å². The molecule has 34 heavy (non-hydrogen) atoms. The van der Waals surface area contributed by atoms with Crippen molar-refractivity contribution in [2.45, 2.75) is 6.92 Å². The van der Waals surface area contributed by atoms with Crippen molar-refractivity contribution in [2.24, 2.45) is 0 Å². The number of carbonyl (C=O) groups is 1. The third kappa shape index (κ3) is 3.56. The fourth-order valence-corrected chi connectivity index (χ4v) is 5.21. The van der Waals surface area contributed by atoms with E-state index >= 15 is 0 Å². The van der Waals surface area contributed by atoms with Crippen LogP contribution in [-0.2, 0) is 4.79 Å². The average molecular weight is 460 g/mol. The molecule has 0 saturated carbocycles. The molecule has 0 atom stereocenters. The molecule has 164 valence electrons. The van der Waals surface area contributed by atoms with Crippen LogP contribution in [-0.4, -0.2) is 15.9 Å². The maximum atomic E-state index is 13.7. The minimum atomic E-state index is -0.191. The van der Waals surface area contributed by atoms with E-state index in [-0.39, 0.29) is 5.91 Å². The number of H-pyrrole nitrogens is 1. The van der Waals surface area contributed by atoms with Gasteiger partial charge in [0.2, 0.25) is 0 Å². The fraction of sp³-hybridized carbons (Fsp3) is 0.0345. The Labute approximate surface area is 200 Å². The zero-order valence-corrected chi connectivity index (χ0v) is 19.3. The summed E-state index contributed by atoms with van der Waals surface area (Å²) in [6, 6.07) is 30.1. The summed E-state index contributed by atoms with van der Waals surface area (Å²) in [5.74, 6) is -0.191. The van der Waals surface area contributed by atoms with Gasteiger partial charge in [-0.15, -0.1) is 11.3 Å². The molecule has 0 saturated heterocycles. The Bertz CT molecular complexity index is 1690. The van der Waals surface area contributed by atoms with E-state index < -0.39 is 0 Å². The minimum Gasteiger partial charge on any atom is -0.354 e. The number of hydrogen-bond donors (Lipinski definition) is 2. The van der Waals surface area contributed by atoms with Gasteiger partial charge in [-0.1, -0.05) is 78.4 Å². The molecule has 0 unspecified atom stereocenters. The van der Waals surface area contributed by atoms with Gasteiger partial charge in [0, 0.05) is 32.9 Å². The van der Waals surface area contributed by atoms with Gasteiger partial charge < -0.3 is 10.3 Å². The Balaban J connectivity index is 1.58. The molecule has 2 N–H and O–H groups in total. The molecule has 0 fully saturated rings. The van der Waals surface area contributed by atoms with Crippen molar-refractivity contribution in [1.29, 1.82) is 0 Å². The Morgan fingerprint density at radius 1 is 0.882 bits per heavy atom. The number of aromatic nitrogens is 2. The van der Waals surface area contributed by atoms with Crippen LogP contribution in [0.1, 0.15) is 10.6 Å². The predicted molar refractivity (Wildman–Crippen MR) is 141 cm³/mol. The predicted octanol–water partition coefficient (Wildman–Crippen LogP) is 6.31. The monoisotopic (exact) mass is 459 g/mol. The molecule has 4 aromatic carbocycles. The molecule has 0 spiro atoms. The first-order valence-electron chi connectivity index (χ1n) is 11.1. The van der Waals surface area contributed by atoms with Gasteiger partial charge in [0.05, 0.1) is 16.6 Å². The van der Waals surface area contributed by atoms with Crippen LogP contribution in [0.15, 0.2) is 96.4 Å². The molecule has 0 bridgehead atoms. The van der Waals surface area contributed by atoms with E-state index in [4.69, 9.17) is 4.98 Å². The number of anilines is 1. The fourth-order valence-electron chi connectivity index (χ4n) is 4.33. The molecular weight excluding hydrogens is 438 g/mol. The maximum Gasteiger partial charge on any atom is 0.260 e. The molecule has 1 amide bonds. The van der Waals surface area contributed by atoms with E-state index in [0.29, 0.717) is 10.6 Å². The maximum absolute atomic E-state index is 13.7. The van der Waals surface area contributed by atoms with Gasteiger partial charge in [0.15, 0.2) is 0 Å². The Morgan fingerprint density at radius 3 is 2.44 bits per heavy atom. The van der Waals surface area contributed by atoms with Crippen molar-refractivity contribution >= 4 is 50.2 Å². The second-order valence-electron chi connectivity index (χ2n) is 8.31. The topological polar surface area (TPSA) is 57.8 Å². The SMILES string of the molecule is Cc1ccc(-c2csc(C(C(=O)Nc3ccccc3)=c3[nH]c4cccc5cccc3c54)n2)cc1. The molecule has 2 aromatic heterocycles. The zero-order valence-electron chi connectivity index (χ0n) is 18.5. The lowest BCUT2D eigenvalue weighted by atomic mass is 10.1. The van der Waals surface area contributed by atoms with Crippen LogP contribution >= 0.6 is 11.3 Å². The normalized spacial score (nSPS) is 12.3. The number of carbonyl (C=O) groups excluding carboxylic acids is 1. The number of aromatic amines is 1. The number of rotatable bonds is 4. The first kappa shape index (κ1) is 20.4. The van der Waals surface area contributed by atoms with Crippen molar-refractivity contribution in [3.8, 4) is 11.3 Å². The highest BCUT2D eigenvalue weighted by molar-refractivity contribution is 7.11. The molecule has 6 rings (SSSR count). The Hall–Kier alpha value is -4.22. The van der Waals surface area contributed by atoms with Crippen LogP contribution in [0.5, 0.6) is 0 Å². The van der Waals surface area contributed by atoms with Crippen LogP contribution < -0.4 is 10.7 Å². The summed E-state index contributed by atoms with van der Waals surface area (Å²) >= 11 is 1.48. The van der Waals surface area contributed by atoms with Crippen LogP contribution in [0.3, 0.4) is 0 Å². The zero-order chi connectivity index (χ0) is 23.1. The van der Waals surface area contributed by atoms with Gasteiger partial charge >= 0.3 is 0 Å². The van der Waals surface area contributed by atoms with E-state index in [9.17, 15) is 4.79 Å². The van der Waals surface area contributed by atoms with Gasteiger partial charge in [-0.2, -0.15) is 0 Å². The number of thiazole rings is 1. The number of aryl methyl sites for hydroxylation is 1. The lowest BCUT2D eigenvalue weighted by Gasteiger charge is -2.07. The van der Waals surface area contributed by atoms with Crippen LogP contribution in [0, 0.1) is 6.92 Å². The summed E-state index contributed by atoms with van der Waals surface area (Å²) in [6.07, 6.45) is 0. The van der Waals surface area contributed by atoms with Crippen LogP contribution in [0.2, 0.25) is 0 Å². The van der Waals surface area contributed by atoms with Crippen molar-refractivity contribution in [3.63, 3.8) is 0 Å². The average Bonchev–Trinajstić information content (AvgIpc) is 3.48. The third-order valence-electron chi connectivity index (χ3n) is 6.01. The molecule has 0 aliphatic carbocycles. The summed E-state index contributed by atoms with van der Waals surface area (Å²) in [6.45, 7) is 2.07. The molecule has 0 radical (unpaired) electrons. The molecular formula is C29H21N3OS. The number of benzene rings is 4. The quantitative estimate of drug-likeness (QED) is 0.325. The number of nitrogens with one attached hydrogen (secondary N) is 2. The lowest BCUT2D eigenvalue weighted by Crippen LogP contribution is -2.22. The van der Waals surface area contributed by atoms with Crippen molar-refractivity contribution < 1.29 is 4.79 Å². The van der Waals surface area contributed by atoms with Crippen LogP contribution in [0.4, 0.5) is 5.69 Å². The number of para-hydroxylation sites is 1. The standard InChI is InChI=1S/C29H21N3OS/c1-18-13-15-19(16-14-18)24-17-34-29(32-24)26(28(33)30-21-9-3-2-4-10-21)27-22-11-5-7-20-8-6-12-23(31-27)25(20)22/h2-17,31H,1H3,(H,30,33). The second kappa shape index (κ2) is 8.28.